The lowest BCUT2D eigenvalue weighted by Gasteiger charge is -2.10. The van der Waals surface area contributed by atoms with Crippen molar-refractivity contribution in [2.45, 2.75) is 20.0 Å². The van der Waals surface area contributed by atoms with Gasteiger partial charge in [-0.05, 0) is 42.8 Å². The SMILES string of the molecule is CCNc1ccccc1C(=O)NCc1cc2cc(Cl)cc(Cn3cnc4c(N)ncnc43)c2[nH]1. The molecule has 0 aliphatic rings. The number of nitrogens with zero attached hydrogens (tertiary/aromatic N) is 4. The average Bonchev–Trinajstić information content (AvgIpc) is 3.43. The number of nitrogens with one attached hydrogen (secondary N) is 3. The number of benzene rings is 2. The predicted molar refractivity (Wildman–Crippen MR) is 134 cm³/mol. The second kappa shape index (κ2) is 9.03. The van der Waals surface area contributed by atoms with Gasteiger partial charge in [0, 0.05) is 28.3 Å². The zero-order valence-electron chi connectivity index (χ0n) is 18.5. The average molecular weight is 475 g/mol. The van der Waals surface area contributed by atoms with Gasteiger partial charge in [-0.1, -0.05) is 23.7 Å². The molecule has 0 saturated carbocycles. The fourth-order valence-electron chi connectivity index (χ4n) is 4.05. The molecule has 5 N–H and O–H groups in total. The van der Waals surface area contributed by atoms with Gasteiger partial charge in [0.25, 0.3) is 5.91 Å². The van der Waals surface area contributed by atoms with Gasteiger partial charge in [-0.15, -0.1) is 0 Å². The highest BCUT2D eigenvalue weighted by Gasteiger charge is 2.14. The lowest BCUT2D eigenvalue weighted by atomic mass is 10.1. The van der Waals surface area contributed by atoms with Crippen LogP contribution in [0.25, 0.3) is 22.1 Å². The maximum Gasteiger partial charge on any atom is 0.253 e. The number of H-pyrrole nitrogens is 1. The molecular formula is C24H23ClN8O. The Balaban J connectivity index is 1.40. The van der Waals surface area contributed by atoms with Crippen LogP contribution < -0.4 is 16.4 Å². The standard InChI is InChI=1S/C24H23ClN8O/c1-2-27-19-6-4-3-5-18(19)24(34)28-10-17-9-14-7-16(25)8-15(20(14)32-17)11-33-13-31-21-22(26)29-12-30-23(21)33/h3-9,12-13,27,32H,2,10-11H2,1H3,(H,28,34)(H2,26,29,30). The Kier molecular flexibility index (Phi) is 5.77. The van der Waals surface area contributed by atoms with Crippen LogP contribution in [0.4, 0.5) is 11.5 Å². The topological polar surface area (TPSA) is 127 Å². The third kappa shape index (κ3) is 4.13. The summed E-state index contributed by atoms with van der Waals surface area (Å²) < 4.78 is 1.90. The van der Waals surface area contributed by atoms with Gasteiger partial charge < -0.3 is 25.9 Å². The van der Waals surface area contributed by atoms with Crippen molar-refractivity contribution in [3.63, 3.8) is 0 Å². The minimum Gasteiger partial charge on any atom is -0.385 e. The van der Waals surface area contributed by atoms with Crippen LogP contribution in [0.5, 0.6) is 0 Å². The number of nitrogen functional groups attached to an aromatic ring is 1. The van der Waals surface area contributed by atoms with Gasteiger partial charge in [-0.2, -0.15) is 0 Å². The Bertz CT molecular complexity index is 1510. The number of nitrogens with two attached hydrogens (primary N) is 1. The number of aromatic nitrogens is 5. The zero-order chi connectivity index (χ0) is 23.7. The molecule has 0 spiro atoms. The van der Waals surface area contributed by atoms with E-state index in [1.54, 1.807) is 6.33 Å². The molecule has 0 saturated heterocycles. The van der Waals surface area contributed by atoms with E-state index in [1.807, 2.05) is 54.0 Å². The number of amides is 1. The molecule has 0 atom stereocenters. The fraction of sp³-hybridized carbons (Fsp3) is 0.167. The summed E-state index contributed by atoms with van der Waals surface area (Å²) in [6.07, 6.45) is 3.11. The van der Waals surface area contributed by atoms with Crippen molar-refractivity contribution < 1.29 is 4.79 Å². The smallest absolute Gasteiger partial charge is 0.253 e. The van der Waals surface area contributed by atoms with Crippen LogP contribution in [-0.2, 0) is 13.1 Å². The molecule has 5 aromatic rings. The van der Waals surface area contributed by atoms with E-state index in [-0.39, 0.29) is 5.91 Å². The summed E-state index contributed by atoms with van der Waals surface area (Å²) in [4.78, 5) is 28.9. The Labute approximate surface area is 200 Å². The lowest BCUT2D eigenvalue weighted by molar-refractivity contribution is 0.0951. The summed E-state index contributed by atoms with van der Waals surface area (Å²) in [5.74, 6) is 0.198. The summed E-state index contributed by atoms with van der Waals surface area (Å²) in [6, 6.07) is 13.3. The number of carbonyl (C=O) groups excluding carboxylic acids is 1. The Morgan fingerprint density at radius 1 is 1.18 bits per heavy atom. The number of fused-ring (bicyclic) bond motifs is 2. The Morgan fingerprint density at radius 2 is 2.03 bits per heavy atom. The molecule has 0 radical (unpaired) electrons. The first kappa shape index (κ1) is 21.7. The molecule has 9 nitrogen and oxygen atoms in total. The molecule has 10 heteroatoms. The van der Waals surface area contributed by atoms with Gasteiger partial charge >= 0.3 is 0 Å². The molecule has 0 bridgehead atoms. The van der Waals surface area contributed by atoms with E-state index in [0.717, 1.165) is 34.4 Å². The number of rotatable bonds is 7. The monoisotopic (exact) mass is 474 g/mol. The molecule has 3 aromatic heterocycles. The second-order valence-electron chi connectivity index (χ2n) is 7.89. The van der Waals surface area contributed by atoms with Crippen molar-refractivity contribution in [2.24, 2.45) is 0 Å². The van der Waals surface area contributed by atoms with Gasteiger partial charge in [0.15, 0.2) is 11.5 Å². The summed E-state index contributed by atoms with van der Waals surface area (Å²) in [5, 5.41) is 7.79. The zero-order valence-corrected chi connectivity index (χ0v) is 19.2. The van der Waals surface area contributed by atoms with E-state index < -0.39 is 0 Å². The third-order valence-electron chi connectivity index (χ3n) is 5.58. The highest BCUT2D eigenvalue weighted by Crippen LogP contribution is 2.27. The van der Waals surface area contributed by atoms with Crippen LogP contribution >= 0.6 is 11.6 Å². The van der Waals surface area contributed by atoms with Crippen LogP contribution in [0, 0.1) is 0 Å². The Hall–Kier alpha value is -4.11. The number of hydrogen-bond acceptors (Lipinski definition) is 6. The highest BCUT2D eigenvalue weighted by atomic mass is 35.5. The molecule has 1 amide bonds. The normalized spacial score (nSPS) is 11.2. The van der Waals surface area contributed by atoms with Crippen LogP contribution in [-0.4, -0.2) is 37.0 Å². The Morgan fingerprint density at radius 3 is 2.88 bits per heavy atom. The maximum absolute atomic E-state index is 12.8. The number of hydrogen-bond donors (Lipinski definition) is 4. The molecular weight excluding hydrogens is 452 g/mol. The van der Waals surface area contributed by atoms with Crippen LogP contribution in [0.3, 0.4) is 0 Å². The van der Waals surface area contributed by atoms with Crippen LogP contribution in [0.15, 0.2) is 55.1 Å². The van der Waals surface area contributed by atoms with Crippen LogP contribution in [0.1, 0.15) is 28.5 Å². The molecule has 0 aliphatic heterocycles. The second-order valence-corrected chi connectivity index (χ2v) is 8.32. The van der Waals surface area contributed by atoms with Crippen molar-refractivity contribution >= 4 is 51.1 Å². The molecule has 34 heavy (non-hydrogen) atoms. The van der Waals surface area contributed by atoms with Gasteiger partial charge in [0.05, 0.1) is 30.5 Å². The number of aromatic amines is 1. The molecule has 2 aromatic carbocycles. The molecule has 0 aliphatic carbocycles. The van der Waals surface area contributed by atoms with E-state index >= 15 is 0 Å². The summed E-state index contributed by atoms with van der Waals surface area (Å²) in [6.45, 7) is 3.58. The minimum atomic E-state index is -0.143. The van der Waals surface area contributed by atoms with E-state index in [1.165, 1.54) is 6.33 Å². The van der Waals surface area contributed by atoms with Gasteiger partial charge in [0.2, 0.25) is 0 Å². The van der Waals surface area contributed by atoms with Gasteiger partial charge in [-0.25, -0.2) is 15.0 Å². The minimum absolute atomic E-state index is 0.143. The summed E-state index contributed by atoms with van der Waals surface area (Å²) in [7, 11) is 0. The first-order valence-corrected chi connectivity index (χ1v) is 11.2. The first-order valence-electron chi connectivity index (χ1n) is 10.9. The number of imidazole rings is 1. The van der Waals surface area contributed by atoms with Crippen molar-refractivity contribution in [1.29, 1.82) is 0 Å². The summed E-state index contributed by atoms with van der Waals surface area (Å²) in [5.41, 5.74) is 11.3. The quantitative estimate of drug-likeness (QED) is 0.283. The number of halogens is 1. The van der Waals surface area contributed by atoms with Crippen molar-refractivity contribution in [3.05, 3.63) is 77.0 Å². The fourth-order valence-corrected chi connectivity index (χ4v) is 4.30. The molecule has 0 unspecified atom stereocenters. The lowest BCUT2D eigenvalue weighted by Crippen LogP contribution is -2.24. The van der Waals surface area contributed by atoms with E-state index in [4.69, 9.17) is 17.3 Å². The van der Waals surface area contributed by atoms with Gasteiger partial charge in [-0.3, -0.25) is 4.79 Å². The molecule has 172 valence electrons. The third-order valence-corrected chi connectivity index (χ3v) is 5.80. The molecule has 5 rings (SSSR count). The van der Waals surface area contributed by atoms with E-state index in [9.17, 15) is 4.79 Å². The van der Waals surface area contributed by atoms with Crippen molar-refractivity contribution in [3.8, 4) is 0 Å². The molecule has 3 heterocycles. The highest BCUT2D eigenvalue weighted by molar-refractivity contribution is 6.31. The number of carbonyl (C=O) groups is 1. The first-order chi connectivity index (χ1) is 16.5. The van der Waals surface area contributed by atoms with Crippen molar-refractivity contribution in [1.82, 2.24) is 29.8 Å². The number of anilines is 2. The van der Waals surface area contributed by atoms with E-state index in [2.05, 4.69) is 30.6 Å². The summed E-state index contributed by atoms with van der Waals surface area (Å²) >= 11 is 6.41. The number of para-hydroxylation sites is 1. The van der Waals surface area contributed by atoms with Gasteiger partial charge in [0.1, 0.15) is 11.8 Å². The predicted octanol–water partition coefficient (Wildman–Crippen LogP) is 3.95. The maximum atomic E-state index is 12.8. The molecule has 0 fully saturated rings. The van der Waals surface area contributed by atoms with E-state index in [0.29, 0.717) is 40.7 Å². The largest absolute Gasteiger partial charge is 0.385 e. The van der Waals surface area contributed by atoms with Crippen molar-refractivity contribution in [2.75, 3.05) is 17.6 Å². The van der Waals surface area contributed by atoms with Crippen LogP contribution in [0.2, 0.25) is 5.02 Å².